The first-order valence-corrected chi connectivity index (χ1v) is 4.60. The molecule has 0 aliphatic rings. The maximum atomic E-state index is 6.08. The van der Waals surface area contributed by atoms with Gasteiger partial charge in [-0.15, -0.1) is 0 Å². The zero-order valence-corrected chi connectivity index (χ0v) is 8.83. The van der Waals surface area contributed by atoms with E-state index in [4.69, 9.17) is 5.73 Å². The van der Waals surface area contributed by atoms with Crippen LogP contribution in [0.15, 0.2) is 18.2 Å². The van der Waals surface area contributed by atoms with Crippen molar-refractivity contribution in [2.24, 2.45) is 11.1 Å². The minimum absolute atomic E-state index is 0.00685. The Morgan fingerprint density at radius 2 is 1.92 bits per heavy atom. The van der Waals surface area contributed by atoms with Crippen molar-refractivity contribution in [1.29, 1.82) is 0 Å². The highest BCUT2D eigenvalue weighted by atomic mass is 14.8. The van der Waals surface area contributed by atoms with Gasteiger partial charge in [0.05, 0.1) is 11.7 Å². The molecular weight excluding hydrogens is 160 g/mol. The molecule has 2 heteroatoms. The monoisotopic (exact) mass is 178 g/mol. The Kier molecular flexibility index (Phi) is 2.71. The summed E-state index contributed by atoms with van der Waals surface area (Å²) >= 11 is 0. The summed E-state index contributed by atoms with van der Waals surface area (Å²) in [7, 11) is 0. The predicted octanol–water partition coefficient (Wildman–Crippen LogP) is 2.44. The van der Waals surface area contributed by atoms with Crippen molar-refractivity contribution in [3.63, 3.8) is 0 Å². The summed E-state index contributed by atoms with van der Waals surface area (Å²) in [6, 6.07) is 5.98. The molecule has 0 aliphatic carbocycles. The lowest BCUT2D eigenvalue weighted by Gasteiger charge is -2.26. The molecule has 1 unspecified atom stereocenters. The van der Waals surface area contributed by atoms with Crippen LogP contribution in [0.2, 0.25) is 0 Å². The summed E-state index contributed by atoms with van der Waals surface area (Å²) in [5, 5.41) is 0. The Morgan fingerprint density at radius 3 is 2.38 bits per heavy atom. The second-order valence-electron chi connectivity index (χ2n) is 4.55. The van der Waals surface area contributed by atoms with E-state index >= 15 is 0 Å². The Labute approximate surface area is 80.2 Å². The Balaban J connectivity index is 2.96. The molecular formula is C11H18N2. The lowest BCUT2D eigenvalue weighted by Crippen LogP contribution is -2.27. The summed E-state index contributed by atoms with van der Waals surface area (Å²) in [4.78, 5) is 4.41. The average Bonchev–Trinajstić information content (AvgIpc) is 2.01. The number of aryl methyl sites for hydroxylation is 1. The molecule has 0 spiro atoms. The average molecular weight is 178 g/mol. The molecule has 1 aromatic heterocycles. The third-order valence-corrected chi connectivity index (χ3v) is 2.16. The van der Waals surface area contributed by atoms with Gasteiger partial charge in [0.15, 0.2) is 0 Å². The van der Waals surface area contributed by atoms with E-state index in [1.165, 1.54) is 0 Å². The number of rotatable bonds is 1. The molecule has 0 aliphatic heterocycles. The standard InChI is InChI=1S/C11H18N2/c1-8-6-5-7-9(13-8)10(12)11(2,3)4/h5-7,10H,12H2,1-4H3. The molecule has 1 heterocycles. The van der Waals surface area contributed by atoms with E-state index in [1.54, 1.807) is 0 Å². The van der Waals surface area contributed by atoms with Crippen LogP contribution in [-0.2, 0) is 0 Å². The molecule has 72 valence electrons. The van der Waals surface area contributed by atoms with Crippen LogP contribution in [0.5, 0.6) is 0 Å². The van der Waals surface area contributed by atoms with E-state index in [1.807, 2.05) is 25.1 Å². The highest BCUT2D eigenvalue weighted by Crippen LogP contribution is 2.28. The molecule has 1 aromatic rings. The number of aromatic nitrogens is 1. The van der Waals surface area contributed by atoms with Gasteiger partial charge in [0.1, 0.15) is 0 Å². The zero-order chi connectivity index (χ0) is 10.1. The van der Waals surface area contributed by atoms with Gasteiger partial charge in [0.25, 0.3) is 0 Å². The largest absolute Gasteiger partial charge is 0.322 e. The maximum absolute atomic E-state index is 6.08. The predicted molar refractivity (Wildman–Crippen MR) is 55.4 cm³/mol. The van der Waals surface area contributed by atoms with Crippen molar-refractivity contribution in [2.45, 2.75) is 33.7 Å². The minimum atomic E-state index is 0.00685. The van der Waals surface area contributed by atoms with Crippen LogP contribution in [-0.4, -0.2) is 4.98 Å². The fraction of sp³-hybridized carbons (Fsp3) is 0.545. The maximum Gasteiger partial charge on any atom is 0.0579 e. The minimum Gasteiger partial charge on any atom is -0.322 e. The quantitative estimate of drug-likeness (QED) is 0.717. The molecule has 0 bridgehead atoms. The fourth-order valence-corrected chi connectivity index (χ4v) is 1.18. The topological polar surface area (TPSA) is 38.9 Å². The number of hydrogen-bond donors (Lipinski definition) is 1. The number of nitrogens with zero attached hydrogens (tertiary/aromatic N) is 1. The molecule has 13 heavy (non-hydrogen) atoms. The fourth-order valence-electron chi connectivity index (χ4n) is 1.18. The van der Waals surface area contributed by atoms with E-state index in [0.29, 0.717) is 0 Å². The summed E-state index contributed by atoms with van der Waals surface area (Å²) < 4.78 is 0. The molecule has 0 radical (unpaired) electrons. The van der Waals surface area contributed by atoms with Gasteiger partial charge in [-0.25, -0.2) is 0 Å². The van der Waals surface area contributed by atoms with Gasteiger partial charge in [0.2, 0.25) is 0 Å². The molecule has 2 nitrogen and oxygen atoms in total. The second kappa shape index (κ2) is 3.46. The van der Waals surface area contributed by atoms with Gasteiger partial charge < -0.3 is 5.73 Å². The van der Waals surface area contributed by atoms with Crippen LogP contribution in [0.25, 0.3) is 0 Å². The van der Waals surface area contributed by atoms with E-state index in [0.717, 1.165) is 11.4 Å². The molecule has 2 N–H and O–H groups in total. The van der Waals surface area contributed by atoms with E-state index in [9.17, 15) is 0 Å². The van der Waals surface area contributed by atoms with Crippen molar-refractivity contribution in [1.82, 2.24) is 4.98 Å². The van der Waals surface area contributed by atoms with E-state index in [-0.39, 0.29) is 11.5 Å². The molecule has 0 saturated heterocycles. The van der Waals surface area contributed by atoms with Gasteiger partial charge in [-0.2, -0.15) is 0 Å². The first-order chi connectivity index (χ1) is 5.91. The van der Waals surface area contributed by atoms with Gasteiger partial charge in [-0.1, -0.05) is 26.8 Å². The number of pyridine rings is 1. The summed E-state index contributed by atoms with van der Waals surface area (Å²) in [6.45, 7) is 8.36. The van der Waals surface area contributed by atoms with Gasteiger partial charge in [-0.3, -0.25) is 4.98 Å². The lowest BCUT2D eigenvalue weighted by molar-refractivity contribution is 0.321. The third kappa shape index (κ3) is 2.52. The lowest BCUT2D eigenvalue weighted by atomic mass is 9.85. The number of nitrogens with two attached hydrogens (primary N) is 1. The van der Waals surface area contributed by atoms with Crippen LogP contribution >= 0.6 is 0 Å². The Bertz CT molecular complexity index is 286. The van der Waals surface area contributed by atoms with Crippen LogP contribution in [0.3, 0.4) is 0 Å². The van der Waals surface area contributed by atoms with Crippen molar-refractivity contribution in [2.75, 3.05) is 0 Å². The third-order valence-electron chi connectivity index (χ3n) is 2.16. The summed E-state index contributed by atoms with van der Waals surface area (Å²) in [5.74, 6) is 0. The van der Waals surface area contributed by atoms with Crippen LogP contribution in [0, 0.1) is 12.3 Å². The normalized spacial score (nSPS) is 14.2. The van der Waals surface area contributed by atoms with Crippen molar-refractivity contribution < 1.29 is 0 Å². The molecule has 0 aromatic carbocycles. The zero-order valence-electron chi connectivity index (χ0n) is 8.83. The van der Waals surface area contributed by atoms with Crippen molar-refractivity contribution >= 4 is 0 Å². The highest BCUT2D eigenvalue weighted by Gasteiger charge is 2.23. The van der Waals surface area contributed by atoms with E-state index < -0.39 is 0 Å². The smallest absolute Gasteiger partial charge is 0.0579 e. The van der Waals surface area contributed by atoms with Crippen LogP contribution < -0.4 is 5.73 Å². The molecule has 0 saturated carbocycles. The van der Waals surface area contributed by atoms with Gasteiger partial charge >= 0.3 is 0 Å². The van der Waals surface area contributed by atoms with Crippen LogP contribution in [0.1, 0.15) is 38.2 Å². The SMILES string of the molecule is Cc1cccc(C(N)C(C)(C)C)n1. The number of hydrogen-bond acceptors (Lipinski definition) is 2. The van der Waals surface area contributed by atoms with Crippen LogP contribution in [0.4, 0.5) is 0 Å². The first-order valence-electron chi connectivity index (χ1n) is 4.60. The van der Waals surface area contributed by atoms with Gasteiger partial charge in [0, 0.05) is 5.69 Å². The summed E-state index contributed by atoms with van der Waals surface area (Å²) in [5.41, 5.74) is 8.15. The Hall–Kier alpha value is -0.890. The first kappa shape index (κ1) is 10.2. The van der Waals surface area contributed by atoms with Crippen molar-refractivity contribution in [3.8, 4) is 0 Å². The molecule has 1 atom stereocenters. The Morgan fingerprint density at radius 1 is 1.31 bits per heavy atom. The van der Waals surface area contributed by atoms with Crippen molar-refractivity contribution in [3.05, 3.63) is 29.6 Å². The molecule has 0 amide bonds. The van der Waals surface area contributed by atoms with Gasteiger partial charge in [-0.05, 0) is 24.5 Å². The second-order valence-corrected chi connectivity index (χ2v) is 4.55. The molecule has 1 rings (SSSR count). The van der Waals surface area contributed by atoms with E-state index in [2.05, 4.69) is 25.8 Å². The summed E-state index contributed by atoms with van der Waals surface area (Å²) in [6.07, 6.45) is 0. The highest BCUT2D eigenvalue weighted by molar-refractivity contribution is 5.14. The molecule has 0 fully saturated rings.